The van der Waals surface area contributed by atoms with E-state index in [1.54, 1.807) is 0 Å². The number of aryl methyl sites for hydroxylation is 2. The van der Waals surface area contributed by atoms with Crippen molar-refractivity contribution >= 4 is 11.6 Å². The number of rotatable bonds is 3. The molecule has 2 aromatic rings. The van der Waals surface area contributed by atoms with E-state index in [9.17, 15) is 5.11 Å². The number of benzene rings is 2. The largest absolute Gasteiger partial charge is 0.508 e. The molecule has 1 N–H and O–H groups in total. The summed E-state index contributed by atoms with van der Waals surface area (Å²) in [7, 11) is 0. The van der Waals surface area contributed by atoms with Crippen LogP contribution in [0.2, 0.25) is 5.02 Å². The van der Waals surface area contributed by atoms with Gasteiger partial charge in [-0.2, -0.15) is 0 Å². The fourth-order valence-corrected chi connectivity index (χ4v) is 3.08. The van der Waals surface area contributed by atoms with Gasteiger partial charge in [0.1, 0.15) is 5.75 Å². The van der Waals surface area contributed by atoms with Crippen LogP contribution in [0.1, 0.15) is 28.4 Å². The van der Waals surface area contributed by atoms with Crippen LogP contribution >= 0.6 is 11.6 Å². The minimum Gasteiger partial charge on any atom is -0.508 e. The minimum atomic E-state index is 0.0507. The number of ether oxygens (including phenoxy) is 1. The van der Waals surface area contributed by atoms with Crippen LogP contribution in [-0.2, 0) is 11.3 Å². The third-order valence-electron chi connectivity index (χ3n) is 4.48. The van der Waals surface area contributed by atoms with E-state index in [1.165, 1.54) is 5.56 Å². The first-order chi connectivity index (χ1) is 11.0. The van der Waals surface area contributed by atoms with Gasteiger partial charge in [0.2, 0.25) is 0 Å². The van der Waals surface area contributed by atoms with Crippen molar-refractivity contribution in [2.24, 2.45) is 0 Å². The molecule has 1 saturated heterocycles. The van der Waals surface area contributed by atoms with Gasteiger partial charge in [0.15, 0.2) is 0 Å². The normalized spacial score (nSPS) is 19.0. The molecule has 122 valence electrons. The lowest BCUT2D eigenvalue weighted by Crippen LogP contribution is -2.37. The van der Waals surface area contributed by atoms with E-state index in [1.807, 2.05) is 37.3 Å². The molecule has 3 nitrogen and oxygen atoms in total. The zero-order chi connectivity index (χ0) is 16.4. The van der Waals surface area contributed by atoms with Crippen LogP contribution in [0.3, 0.4) is 0 Å². The van der Waals surface area contributed by atoms with Crippen molar-refractivity contribution < 1.29 is 9.84 Å². The molecular weight excluding hydrogens is 310 g/mol. The smallest absolute Gasteiger partial charge is 0.120 e. The summed E-state index contributed by atoms with van der Waals surface area (Å²) in [5.41, 5.74) is 4.45. The third kappa shape index (κ3) is 3.86. The molecule has 3 rings (SSSR count). The summed E-state index contributed by atoms with van der Waals surface area (Å²) in [4.78, 5) is 2.33. The van der Waals surface area contributed by atoms with Gasteiger partial charge < -0.3 is 9.84 Å². The van der Waals surface area contributed by atoms with Gasteiger partial charge in [-0.25, -0.2) is 0 Å². The average molecular weight is 332 g/mol. The molecule has 4 heteroatoms. The second-order valence-electron chi connectivity index (χ2n) is 6.21. The van der Waals surface area contributed by atoms with Crippen molar-refractivity contribution in [3.05, 3.63) is 63.7 Å². The molecule has 0 saturated carbocycles. The maximum Gasteiger partial charge on any atom is 0.120 e. The summed E-state index contributed by atoms with van der Waals surface area (Å²) in [6.45, 7) is 7.21. The maximum absolute atomic E-state index is 10.2. The van der Waals surface area contributed by atoms with Crippen LogP contribution in [0.5, 0.6) is 5.75 Å². The lowest BCUT2D eigenvalue weighted by atomic mass is 10.0. The van der Waals surface area contributed by atoms with Crippen molar-refractivity contribution in [3.8, 4) is 5.75 Å². The highest BCUT2D eigenvalue weighted by atomic mass is 35.5. The van der Waals surface area contributed by atoms with Crippen molar-refractivity contribution in [2.45, 2.75) is 26.5 Å². The van der Waals surface area contributed by atoms with E-state index >= 15 is 0 Å². The first kappa shape index (κ1) is 16.3. The number of aromatic hydroxyl groups is 1. The standard InChI is InChI=1S/C19H22ClNO2/c1-13-9-16(18(22)10-14(13)2)11-21-7-8-23-19(12-21)15-3-5-17(20)6-4-15/h3-6,9-10,19,22H,7-8,11-12H2,1-2H3. The number of nitrogens with zero attached hydrogens (tertiary/aromatic N) is 1. The number of phenols is 1. The molecule has 1 atom stereocenters. The van der Waals surface area contributed by atoms with Gasteiger partial charge in [0.25, 0.3) is 0 Å². The third-order valence-corrected chi connectivity index (χ3v) is 4.73. The van der Waals surface area contributed by atoms with Gasteiger partial charge in [-0.05, 0) is 48.7 Å². The molecule has 23 heavy (non-hydrogen) atoms. The zero-order valence-electron chi connectivity index (χ0n) is 13.6. The Morgan fingerprint density at radius 3 is 2.61 bits per heavy atom. The van der Waals surface area contributed by atoms with Gasteiger partial charge in [-0.15, -0.1) is 0 Å². The van der Waals surface area contributed by atoms with Crippen LogP contribution in [-0.4, -0.2) is 29.7 Å². The van der Waals surface area contributed by atoms with Gasteiger partial charge in [-0.3, -0.25) is 4.90 Å². The molecule has 1 aliphatic rings. The Labute approximate surface area is 142 Å². The minimum absolute atomic E-state index is 0.0507. The molecule has 1 aliphatic heterocycles. The SMILES string of the molecule is Cc1cc(O)c(CN2CCOC(c3ccc(Cl)cc3)C2)cc1C. The van der Waals surface area contributed by atoms with E-state index < -0.39 is 0 Å². The van der Waals surface area contributed by atoms with E-state index in [4.69, 9.17) is 16.3 Å². The predicted molar refractivity (Wildman–Crippen MR) is 93.0 cm³/mol. The molecule has 0 bridgehead atoms. The first-order valence-electron chi connectivity index (χ1n) is 7.91. The number of phenolic OH excluding ortho intramolecular Hbond substituents is 1. The number of hydrogen-bond acceptors (Lipinski definition) is 3. The van der Waals surface area contributed by atoms with E-state index in [-0.39, 0.29) is 6.10 Å². The van der Waals surface area contributed by atoms with Crippen molar-refractivity contribution in [2.75, 3.05) is 19.7 Å². The summed E-state index contributed by atoms with van der Waals surface area (Å²) in [6, 6.07) is 11.8. The fourth-order valence-electron chi connectivity index (χ4n) is 2.95. The van der Waals surface area contributed by atoms with Crippen LogP contribution in [0.15, 0.2) is 36.4 Å². The molecule has 2 aromatic carbocycles. The molecule has 0 radical (unpaired) electrons. The Morgan fingerprint density at radius 1 is 1.17 bits per heavy atom. The number of halogens is 1. The molecule has 1 heterocycles. The van der Waals surface area contributed by atoms with Gasteiger partial charge >= 0.3 is 0 Å². The lowest BCUT2D eigenvalue weighted by molar-refractivity contribution is -0.0331. The molecule has 0 aromatic heterocycles. The van der Waals surface area contributed by atoms with Crippen molar-refractivity contribution in [3.63, 3.8) is 0 Å². The summed E-state index contributed by atoms with van der Waals surface area (Å²) in [6.07, 6.45) is 0.0507. The van der Waals surface area contributed by atoms with Crippen molar-refractivity contribution in [1.82, 2.24) is 4.90 Å². The highest BCUT2D eigenvalue weighted by molar-refractivity contribution is 6.30. The van der Waals surface area contributed by atoms with Crippen molar-refractivity contribution in [1.29, 1.82) is 0 Å². The van der Waals surface area contributed by atoms with E-state index in [2.05, 4.69) is 17.9 Å². The summed E-state index contributed by atoms with van der Waals surface area (Å²) in [5.74, 6) is 0.377. The Balaban J connectivity index is 1.72. The highest BCUT2D eigenvalue weighted by Crippen LogP contribution is 2.27. The van der Waals surface area contributed by atoms with Crippen LogP contribution < -0.4 is 0 Å². The molecule has 0 aliphatic carbocycles. The summed E-state index contributed by atoms with van der Waals surface area (Å²) in [5, 5.41) is 10.9. The molecule has 1 fully saturated rings. The second-order valence-corrected chi connectivity index (χ2v) is 6.65. The molecule has 0 amide bonds. The van der Waals surface area contributed by atoms with Gasteiger partial charge in [0, 0.05) is 30.2 Å². The molecular formula is C19H22ClNO2. The second kappa shape index (κ2) is 6.91. The van der Waals surface area contributed by atoms with E-state index in [0.717, 1.165) is 41.3 Å². The zero-order valence-corrected chi connectivity index (χ0v) is 14.3. The first-order valence-corrected chi connectivity index (χ1v) is 8.29. The quantitative estimate of drug-likeness (QED) is 0.913. The monoisotopic (exact) mass is 331 g/mol. The Bertz CT molecular complexity index is 685. The summed E-state index contributed by atoms with van der Waals surface area (Å²) < 4.78 is 5.90. The number of morpholine rings is 1. The van der Waals surface area contributed by atoms with Crippen LogP contribution in [0.25, 0.3) is 0 Å². The maximum atomic E-state index is 10.2. The van der Waals surface area contributed by atoms with Crippen LogP contribution in [0, 0.1) is 13.8 Å². The van der Waals surface area contributed by atoms with Gasteiger partial charge in [-0.1, -0.05) is 29.8 Å². The topological polar surface area (TPSA) is 32.7 Å². The van der Waals surface area contributed by atoms with Gasteiger partial charge in [0.05, 0.1) is 12.7 Å². The average Bonchev–Trinajstić information content (AvgIpc) is 2.53. The Morgan fingerprint density at radius 2 is 1.87 bits per heavy atom. The Kier molecular flexibility index (Phi) is 4.90. The highest BCUT2D eigenvalue weighted by Gasteiger charge is 2.22. The molecule has 1 unspecified atom stereocenters. The predicted octanol–water partition coefficient (Wildman–Crippen LogP) is 4.24. The lowest BCUT2D eigenvalue weighted by Gasteiger charge is -2.33. The van der Waals surface area contributed by atoms with E-state index in [0.29, 0.717) is 12.4 Å². The Hall–Kier alpha value is -1.55. The number of hydrogen-bond donors (Lipinski definition) is 1. The molecule has 0 spiro atoms. The summed E-state index contributed by atoms with van der Waals surface area (Å²) >= 11 is 5.95. The van der Waals surface area contributed by atoms with Crippen LogP contribution in [0.4, 0.5) is 0 Å². The fraction of sp³-hybridized carbons (Fsp3) is 0.368.